The highest BCUT2D eigenvalue weighted by atomic mass is 15.1. The molecule has 10 aromatic rings. The van der Waals surface area contributed by atoms with Gasteiger partial charge in [-0.2, -0.15) is 0 Å². The van der Waals surface area contributed by atoms with Crippen LogP contribution in [-0.2, 0) is 0 Å². The molecule has 56 heavy (non-hydrogen) atoms. The third-order valence-corrected chi connectivity index (χ3v) is 10.8. The largest absolute Gasteiger partial charge is 0.311 e. The van der Waals surface area contributed by atoms with Gasteiger partial charge in [-0.1, -0.05) is 164 Å². The molecule has 264 valence electrons. The van der Waals surface area contributed by atoms with Crippen LogP contribution in [-0.4, -0.2) is 4.57 Å². The van der Waals surface area contributed by atoms with Gasteiger partial charge in [0, 0.05) is 33.5 Å². The maximum absolute atomic E-state index is 2.41. The van der Waals surface area contributed by atoms with Crippen molar-refractivity contribution in [3.05, 3.63) is 231 Å². The summed E-state index contributed by atoms with van der Waals surface area (Å²) in [4.78, 5) is 2.34. The van der Waals surface area contributed by atoms with E-state index in [0.29, 0.717) is 0 Å². The Labute approximate surface area is 327 Å². The molecule has 0 fully saturated rings. The first-order valence-corrected chi connectivity index (χ1v) is 19.2. The molecule has 2 nitrogen and oxygen atoms in total. The molecular weight excluding hydrogens is 677 g/mol. The van der Waals surface area contributed by atoms with Gasteiger partial charge in [-0.15, -0.1) is 0 Å². The molecule has 1 heterocycles. The number of rotatable bonds is 8. The van der Waals surface area contributed by atoms with Gasteiger partial charge >= 0.3 is 0 Å². The van der Waals surface area contributed by atoms with Gasteiger partial charge in [0.25, 0.3) is 0 Å². The molecule has 0 aliphatic carbocycles. The van der Waals surface area contributed by atoms with Gasteiger partial charge in [-0.05, 0) is 111 Å². The van der Waals surface area contributed by atoms with Crippen molar-refractivity contribution < 1.29 is 0 Å². The van der Waals surface area contributed by atoms with Crippen LogP contribution < -0.4 is 4.90 Å². The maximum atomic E-state index is 2.41. The Balaban J connectivity index is 1.08. The Hall–Kier alpha value is -7.42. The lowest BCUT2D eigenvalue weighted by Crippen LogP contribution is -2.09. The third-order valence-electron chi connectivity index (χ3n) is 10.8. The zero-order valence-corrected chi connectivity index (χ0v) is 30.8. The average molecular weight is 715 g/mol. The lowest BCUT2D eigenvalue weighted by atomic mass is 9.97. The van der Waals surface area contributed by atoms with E-state index in [1.54, 1.807) is 0 Å². The molecule has 10 rings (SSSR count). The molecule has 0 spiro atoms. The molecular formula is C54H38N2. The smallest absolute Gasteiger partial charge is 0.0541 e. The Morgan fingerprint density at radius 2 is 0.554 bits per heavy atom. The normalized spacial score (nSPS) is 11.2. The standard InChI is InChI=1S/C54H38N2/c1-4-14-39(15-5-1)42-24-30-47(31-25-42)55(48-32-26-43(27-33-48)40-16-6-2-7-17-40)49-34-28-44(29-35-49)46-36-45(41-18-8-3-9-19-41)37-50(38-46)56-53-22-12-10-20-51(53)52-21-11-13-23-54(52)56/h1-38H. The predicted octanol–water partition coefficient (Wildman–Crippen LogP) is 14.9. The molecule has 0 amide bonds. The van der Waals surface area contributed by atoms with Crippen LogP contribution in [0, 0.1) is 0 Å². The van der Waals surface area contributed by atoms with E-state index >= 15 is 0 Å². The quantitative estimate of drug-likeness (QED) is 0.152. The highest BCUT2D eigenvalue weighted by Gasteiger charge is 2.16. The molecule has 0 radical (unpaired) electrons. The zero-order chi connectivity index (χ0) is 37.3. The van der Waals surface area contributed by atoms with Crippen LogP contribution in [0.4, 0.5) is 17.1 Å². The SMILES string of the molecule is c1ccc(-c2ccc(N(c3ccc(-c4ccccc4)cc3)c3ccc(-c4cc(-c5ccccc5)cc(-n5c6ccccc6c6ccccc65)c4)cc3)cc2)cc1. The summed E-state index contributed by atoms with van der Waals surface area (Å²) in [5, 5.41) is 2.51. The zero-order valence-electron chi connectivity index (χ0n) is 30.8. The first-order valence-electron chi connectivity index (χ1n) is 19.2. The Morgan fingerprint density at radius 1 is 0.250 bits per heavy atom. The first-order chi connectivity index (χ1) is 27.8. The summed E-state index contributed by atoms with van der Waals surface area (Å²) in [7, 11) is 0. The summed E-state index contributed by atoms with van der Waals surface area (Å²) < 4.78 is 2.41. The second-order valence-electron chi connectivity index (χ2n) is 14.2. The Morgan fingerprint density at radius 3 is 0.946 bits per heavy atom. The van der Waals surface area contributed by atoms with Crippen LogP contribution in [0.2, 0.25) is 0 Å². The summed E-state index contributed by atoms with van der Waals surface area (Å²) in [5.74, 6) is 0. The number of hydrogen-bond donors (Lipinski definition) is 0. The third kappa shape index (κ3) is 6.24. The van der Waals surface area contributed by atoms with E-state index in [9.17, 15) is 0 Å². The van der Waals surface area contributed by atoms with Crippen molar-refractivity contribution in [1.82, 2.24) is 4.57 Å². The fraction of sp³-hybridized carbons (Fsp3) is 0. The van der Waals surface area contributed by atoms with Gasteiger partial charge in [0.15, 0.2) is 0 Å². The van der Waals surface area contributed by atoms with E-state index < -0.39 is 0 Å². The van der Waals surface area contributed by atoms with Crippen LogP contribution in [0.3, 0.4) is 0 Å². The van der Waals surface area contributed by atoms with E-state index in [0.717, 1.165) is 28.3 Å². The van der Waals surface area contributed by atoms with Crippen molar-refractivity contribution in [2.75, 3.05) is 4.90 Å². The highest BCUT2D eigenvalue weighted by Crippen LogP contribution is 2.40. The molecule has 0 N–H and O–H groups in total. The van der Waals surface area contributed by atoms with Gasteiger partial charge in [-0.25, -0.2) is 0 Å². The minimum atomic E-state index is 1.09. The minimum absolute atomic E-state index is 1.09. The fourth-order valence-electron chi connectivity index (χ4n) is 8.02. The summed E-state index contributed by atoms with van der Waals surface area (Å²) in [6.07, 6.45) is 0. The Kier molecular flexibility index (Phi) is 8.55. The van der Waals surface area contributed by atoms with Crippen molar-refractivity contribution in [3.8, 4) is 50.2 Å². The second kappa shape index (κ2) is 14.4. The number of hydrogen-bond acceptors (Lipinski definition) is 1. The van der Waals surface area contributed by atoms with Gasteiger partial charge in [0.2, 0.25) is 0 Å². The number of nitrogens with zero attached hydrogens (tertiary/aromatic N) is 2. The molecule has 0 atom stereocenters. The summed E-state index contributed by atoms with van der Waals surface area (Å²) in [6.45, 7) is 0. The van der Waals surface area contributed by atoms with E-state index in [1.165, 1.54) is 60.8 Å². The lowest BCUT2D eigenvalue weighted by Gasteiger charge is -2.26. The minimum Gasteiger partial charge on any atom is -0.311 e. The number of anilines is 3. The van der Waals surface area contributed by atoms with E-state index in [-0.39, 0.29) is 0 Å². The Bertz CT molecular complexity index is 2770. The fourth-order valence-corrected chi connectivity index (χ4v) is 8.02. The van der Waals surface area contributed by atoms with Crippen LogP contribution >= 0.6 is 0 Å². The average Bonchev–Trinajstić information content (AvgIpc) is 3.62. The van der Waals surface area contributed by atoms with Gasteiger partial charge in [0.05, 0.1) is 11.0 Å². The summed E-state index contributed by atoms with van der Waals surface area (Å²) in [5.41, 5.74) is 16.3. The van der Waals surface area contributed by atoms with Crippen molar-refractivity contribution in [3.63, 3.8) is 0 Å². The van der Waals surface area contributed by atoms with Crippen LogP contribution in [0.25, 0.3) is 72.0 Å². The molecule has 0 saturated heterocycles. The molecule has 0 aliphatic rings. The molecule has 0 saturated carbocycles. The van der Waals surface area contributed by atoms with Crippen LogP contribution in [0.15, 0.2) is 231 Å². The van der Waals surface area contributed by atoms with Crippen molar-refractivity contribution in [2.45, 2.75) is 0 Å². The van der Waals surface area contributed by atoms with E-state index in [2.05, 4.69) is 240 Å². The topological polar surface area (TPSA) is 8.17 Å². The van der Waals surface area contributed by atoms with Gasteiger partial charge in [0.1, 0.15) is 0 Å². The summed E-state index contributed by atoms with van der Waals surface area (Å²) >= 11 is 0. The van der Waals surface area contributed by atoms with Crippen molar-refractivity contribution in [2.24, 2.45) is 0 Å². The lowest BCUT2D eigenvalue weighted by molar-refractivity contribution is 1.18. The number of benzene rings is 9. The number of aromatic nitrogens is 1. The molecule has 9 aromatic carbocycles. The highest BCUT2D eigenvalue weighted by molar-refractivity contribution is 6.09. The first kappa shape index (κ1) is 33.2. The van der Waals surface area contributed by atoms with Crippen molar-refractivity contribution in [1.29, 1.82) is 0 Å². The monoisotopic (exact) mass is 714 g/mol. The molecule has 0 bridgehead atoms. The summed E-state index contributed by atoms with van der Waals surface area (Å²) in [6, 6.07) is 83.0. The van der Waals surface area contributed by atoms with Gasteiger partial charge < -0.3 is 9.47 Å². The van der Waals surface area contributed by atoms with Crippen molar-refractivity contribution >= 4 is 38.9 Å². The molecule has 2 heteroatoms. The van der Waals surface area contributed by atoms with Gasteiger partial charge in [-0.3, -0.25) is 0 Å². The molecule has 1 aromatic heterocycles. The van der Waals surface area contributed by atoms with Crippen LogP contribution in [0.5, 0.6) is 0 Å². The number of para-hydroxylation sites is 2. The predicted molar refractivity (Wildman–Crippen MR) is 237 cm³/mol. The van der Waals surface area contributed by atoms with E-state index in [4.69, 9.17) is 0 Å². The molecule has 0 aliphatic heterocycles. The second-order valence-corrected chi connectivity index (χ2v) is 14.2. The van der Waals surface area contributed by atoms with E-state index in [1.807, 2.05) is 0 Å². The maximum Gasteiger partial charge on any atom is 0.0541 e. The molecule has 0 unspecified atom stereocenters. The number of fused-ring (bicyclic) bond motifs is 3. The van der Waals surface area contributed by atoms with Crippen LogP contribution in [0.1, 0.15) is 0 Å².